The fraction of sp³-hybridized carbons (Fsp3) is 0.391. The third kappa shape index (κ3) is 5.63. The third-order valence-electron chi connectivity index (χ3n) is 5.55. The first-order chi connectivity index (χ1) is 15.9. The SMILES string of the molecule is O=C(NCCCCN1CCOCC1)c1cnn(-c2cccc(C(F)(F)F)c2)c1-n1cccc1. The molecule has 0 unspecified atom stereocenters. The summed E-state index contributed by atoms with van der Waals surface area (Å²) in [5.74, 6) is 0.0634. The van der Waals surface area contributed by atoms with Crippen LogP contribution in [-0.2, 0) is 10.9 Å². The molecule has 176 valence electrons. The van der Waals surface area contributed by atoms with E-state index < -0.39 is 11.7 Å². The van der Waals surface area contributed by atoms with E-state index in [1.165, 1.54) is 23.0 Å². The first kappa shape index (κ1) is 23.1. The highest BCUT2D eigenvalue weighted by Gasteiger charge is 2.31. The van der Waals surface area contributed by atoms with E-state index in [0.29, 0.717) is 12.4 Å². The molecule has 0 radical (unpaired) electrons. The van der Waals surface area contributed by atoms with Crippen molar-refractivity contribution in [3.63, 3.8) is 0 Å². The number of aromatic nitrogens is 3. The highest BCUT2D eigenvalue weighted by Crippen LogP contribution is 2.31. The Balaban J connectivity index is 1.47. The van der Waals surface area contributed by atoms with Crippen molar-refractivity contribution < 1.29 is 22.7 Å². The van der Waals surface area contributed by atoms with Crippen LogP contribution in [0, 0.1) is 0 Å². The van der Waals surface area contributed by atoms with Gasteiger partial charge in [-0.15, -0.1) is 0 Å². The molecule has 1 aromatic carbocycles. The van der Waals surface area contributed by atoms with Gasteiger partial charge in [0.1, 0.15) is 5.56 Å². The molecule has 1 amide bonds. The van der Waals surface area contributed by atoms with Crippen LogP contribution < -0.4 is 5.32 Å². The molecule has 10 heteroatoms. The summed E-state index contributed by atoms with van der Waals surface area (Å²) in [6.07, 6.45) is 2.13. The van der Waals surface area contributed by atoms with Gasteiger partial charge in [-0.05, 0) is 49.7 Å². The second kappa shape index (κ2) is 10.2. The highest BCUT2D eigenvalue weighted by atomic mass is 19.4. The number of nitrogens with zero attached hydrogens (tertiary/aromatic N) is 4. The molecular weight excluding hydrogens is 435 g/mol. The molecule has 0 aliphatic carbocycles. The molecule has 0 spiro atoms. The largest absolute Gasteiger partial charge is 0.416 e. The van der Waals surface area contributed by atoms with E-state index in [1.54, 1.807) is 29.1 Å². The van der Waals surface area contributed by atoms with E-state index in [9.17, 15) is 18.0 Å². The van der Waals surface area contributed by atoms with Gasteiger partial charge in [0.2, 0.25) is 0 Å². The lowest BCUT2D eigenvalue weighted by Gasteiger charge is -2.26. The molecule has 7 nitrogen and oxygen atoms in total. The normalized spacial score (nSPS) is 15.0. The Bertz CT molecular complexity index is 1060. The van der Waals surface area contributed by atoms with Crippen molar-refractivity contribution in [1.82, 2.24) is 24.6 Å². The molecule has 1 aliphatic rings. The minimum atomic E-state index is -4.47. The van der Waals surface area contributed by atoms with Crippen molar-refractivity contribution in [1.29, 1.82) is 0 Å². The number of carbonyl (C=O) groups excluding carboxylic acids is 1. The number of ether oxygens (including phenoxy) is 1. The number of benzene rings is 1. The van der Waals surface area contributed by atoms with Gasteiger partial charge in [0.15, 0.2) is 5.82 Å². The monoisotopic (exact) mass is 461 g/mol. The van der Waals surface area contributed by atoms with Crippen LogP contribution in [0.3, 0.4) is 0 Å². The van der Waals surface area contributed by atoms with Crippen LogP contribution in [0.2, 0.25) is 0 Å². The van der Waals surface area contributed by atoms with Gasteiger partial charge in [-0.1, -0.05) is 6.07 Å². The summed E-state index contributed by atoms with van der Waals surface area (Å²) >= 11 is 0. The fourth-order valence-corrected chi connectivity index (χ4v) is 3.81. The Kier molecular flexibility index (Phi) is 7.14. The van der Waals surface area contributed by atoms with Gasteiger partial charge < -0.3 is 14.6 Å². The maximum absolute atomic E-state index is 13.2. The molecule has 0 saturated carbocycles. The summed E-state index contributed by atoms with van der Waals surface area (Å²) in [7, 11) is 0. The highest BCUT2D eigenvalue weighted by molar-refractivity contribution is 5.97. The van der Waals surface area contributed by atoms with Crippen LogP contribution in [-0.4, -0.2) is 64.5 Å². The number of halogens is 3. The van der Waals surface area contributed by atoms with Gasteiger partial charge in [0.05, 0.1) is 30.7 Å². The number of nitrogens with one attached hydrogen (secondary N) is 1. The summed E-state index contributed by atoms with van der Waals surface area (Å²) in [5.41, 5.74) is -0.268. The number of alkyl halides is 3. The fourth-order valence-electron chi connectivity index (χ4n) is 3.81. The van der Waals surface area contributed by atoms with Crippen LogP contribution in [0.5, 0.6) is 0 Å². The van der Waals surface area contributed by atoms with Gasteiger partial charge in [-0.25, -0.2) is 4.68 Å². The quantitative estimate of drug-likeness (QED) is 0.522. The Hall–Kier alpha value is -3.11. The second-order valence-corrected chi connectivity index (χ2v) is 7.85. The number of unbranched alkanes of at least 4 members (excludes halogenated alkanes) is 1. The zero-order chi connectivity index (χ0) is 23.3. The van der Waals surface area contributed by atoms with Gasteiger partial charge in [-0.3, -0.25) is 9.69 Å². The molecule has 1 fully saturated rings. The summed E-state index contributed by atoms with van der Waals surface area (Å²) in [4.78, 5) is 15.3. The molecule has 0 atom stereocenters. The molecule has 1 aliphatic heterocycles. The molecular formula is C23H26F3N5O2. The van der Waals surface area contributed by atoms with Gasteiger partial charge in [0.25, 0.3) is 5.91 Å². The predicted molar refractivity (Wildman–Crippen MR) is 117 cm³/mol. The maximum Gasteiger partial charge on any atom is 0.416 e. The summed E-state index contributed by atoms with van der Waals surface area (Å²) in [6, 6.07) is 8.43. The number of morpholine rings is 1. The number of carbonyl (C=O) groups is 1. The zero-order valence-electron chi connectivity index (χ0n) is 18.1. The van der Waals surface area contributed by atoms with Gasteiger partial charge >= 0.3 is 6.18 Å². The van der Waals surface area contributed by atoms with Crippen molar-refractivity contribution >= 4 is 5.91 Å². The Labute approximate surface area is 189 Å². The molecule has 4 rings (SSSR count). The van der Waals surface area contributed by atoms with Gasteiger partial charge in [0, 0.05) is 32.0 Å². The average molecular weight is 461 g/mol. The molecule has 33 heavy (non-hydrogen) atoms. The minimum Gasteiger partial charge on any atom is -0.379 e. The van der Waals surface area contributed by atoms with Crippen LogP contribution in [0.25, 0.3) is 11.5 Å². The van der Waals surface area contributed by atoms with Gasteiger partial charge in [-0.2, -0.15) is 18.3 Å². The standard InChI is InChI=1S/C23H26F3N5O2/c24-23(25,26)18-6-5-7-19(16-18)31-22(30-10-3-4-11-30)20(17-28-31)21(32)27-8-1-2-9-29-12-14-33-15-13-29/h3-7,10-11,16-17H,1-2,8-9,12-15H2,(H,27,32). The van der Waals surface area contributed by atoms with Crippen molar-refractivity contribution in [2.75, 3.05) is 39.4 Å². The van der Waals surface area contributed by atoms with E-state index in [1.807, 2.05) is 0 Å². The smallest absolute Gasteiger partial charge is 0.379 e. The number of amides is 1. The van der Waals surface area contributed by atoms with Crippen LogP contribution in [0.1, 0.15) is 28.8 Å². The number of hydrogen-bond acceptors (Lipinski definition) is 4. The molecule has 3 heterocycles. The molecule has 2 aromatic heterocycles. The molecule has 0 bridgehead atoms. The second-order valence-electron chi connectivity index (χ2n) is 7.85. The maximum atomic E-state index is 13.2. The van der Waals surface area contributed by atoms with Crippen LogP contribution >= 0.6 is 0 Å². The van der Waals surface area contributed by atoms with E-state index in [2.05, 4.69) is 15.3 Å². The predicted octanol–water partition coefficient (Wildman–Crippen LogP) is 3.52. The summed E-state index contributed by atoms with van der Waals surface area (Å²) in [5, 5.41) is 7.15. The van der Waals surface area contributed by atoms with Crippen molar-refractivity contribution in [2.24, 2.45) is 0 Å². The lowest BCUT2D eigenvalue weighted by atomic mass is 10.2. The van der Waals surface area contributed by atoms with Crippen molar-refractivity contribution in [2.45, 2.75) is 19.0 Å². The van der Waals surface area contributed by atoms with E-state index in [-0.39, 0.29) is 17.2 Å². The van der Waals surface area contributed by atoms with Crippen molar-refractivity contribution in [3.8, 4) is 11.5 Å². The Morgan fingerprint density at radius 3 is 2.58 bits per heavy atom. The van der Waals surface area contributed by atoms with Crippen LogP contribution in [0.4, 0.5) is 13.2 Å². The van der Waals surface area contributed by atoms with E-state index in [0.717, 1.165) is 57.8 Å². The lowest BCUT2D eigenvalue weighted by Crippen LogP contribution is -2.37. The van der Waals surface area contributed by atoms with Crippen LogP contribution in [0.15, 0.2) is 55.0 Å². The summed E-state index contributed by atoms with van der Waals surface area (Å²) < 4.78 is 48.0. The van der Waals surface area contributed by atoms with Crippen molar-refractivity contribution in [3.05, 3.63) is 66.1 Å². The lowest BCUT2D eigenvalue weighted by molar-refractivity contribution is -0.137. The average Bonchev–Trinajstić information content (AvgIpc) is 3.49. The topological polar surface area (TPSA) is 64.3 Å². The molecule has 1 saturated heterocycles. The van der Waals surface area contributed by atoms with E-state index in [4.69, 9.17) is 4.74 Å². The number of hydrogen-bond donors (Lipinski definition) is 1. The van der Waals surface area contributed by atoms with E-state index >= 15 is 0 Å². The summed E-state index contributed by atoms with van der Waals surface area (Å²) in [6.45, 7) is 4.84. The first-order valence-corrected chi connectivity index (χ1v) is 10.9. The third-order valence-corrected chi connectivity index (χ3v) is 5.55. The Morgan fingerprint density at radius 2 is 1.85 bits per heavy atom. The first-order valence-electron chi connectivity index (χ1n) is 10.9. The molecule has 3 aromatic rings. The number of rotatable bonds is 8. The Morgan fingerprint density at radius 1 is 1.09 bits per heavy atom. The minimum absolute atomic E-state index is 0.220. The molecule has 1 N–H and O–H groups in total. The zero-order valence-corrected chi connectivity index (χ0v) is 18.1.